The monoisotopic (exact) mass is 513 g/mol. The normalized spacial score (nSPS) is 19.5. The summed E-state index contributed by atoms with van der Waals surface area (Å²) in [5, 5.41) is 0.577. The molecule has 0 bridgehead atoms. The molecule has 7 nitrogen and oxygen atoms in total. The Morgan fingerprint density at radius 3 is 1.97 bits per heavy atom. The zero-order valence-corrected chi connectivity index (χ0v) is 21.7. The molecule has 0 amide bonds. The highest BCUT2D eigenvalue weighted by Gasteiger charge is 2.63. The maximum absolute atomic E-state index is 13.6. The average Bonchev–Trinajstić information content (AvgIpc) is 3.41. The summed E-state index contributed by atoms with van der Waals surface area (Å²) in [6.45, 7) is 3.05. The maximum Gasteiger partial charge on any atom is 0.345 e. The summed E-state index contributed by atoms with van der Waals surface area (Å²) in [5.74, 6) is -1.20. The van der Waals surface area contributed by atoms with Gasteiger partial charge in [-0.05, 0) is 36.8 Å². The van der Waals surface area contributed by atoms with E-state index < -0.39 is 17.6 Å². The van der Waals surface area contributed by atoms with Gasteiger partial charge >= 0.3 is 11.9 Å². The molecule has 8 heteroatoms. The SMILES string of the molecule is CCN1c2ccccc2N(Cc2ccccc2)C12C(=Nc1ccccc1)SC(C(=O)OC)=C2C(=O)OC. The maximum atomic E-state index is 13.6. The minimum absolute atomic E-state index is 0.174. The van der Waals surface area contributed by atoms with E-state index in [9.17, 15) is 9.59 Å². The van der Waals surface area contributed by atoms with Gasteiger partial charge in [-0.3, -0.25) is 0 Å². The second kappa shape index (κ2) is 10.1. The number of anilines is 2. The number of nitrogens with zero attached hydrogens (tertiary/aromatic N) is 3. The quantitative estimate of drug-likeness (QED) is 0.414. The number of fused-ring (bicyclic) bond motifs is 1. The zero-order valence-electron chi connectivity index (χ0n) is 20.9. The Labute approximate surface area is 220 Å². The third kappa shape index (κ3) is 3.97. The van der Waals surface area contributed by atoms with Gasteiger partial charge in [0.15, 0.2) is 5.66 Å². The number of ether oxygens (including phenoxy) is 2. The molecule has 0 aliphatic carbocycles. The highest BCUT2D eigenvalue weighted by atomic mass is 32.2. The molecule has 0 aromatic heterocycles. The fraction of sp³-hybridized carbons (Fsp3) is 0.207. The van der Waals surface area contributed by atoms with Gasteiger partial charge in [-0.1, -0.05) is 72.4 Å². The molecule has 0 radical (unpaired) electrons. The summed E-state index contributed by atoms with van der Waals surface area (Å²) < 4.78 is 10.5. The number of hydrogen-bond donors (Lipinski definition) is 0. The summed E-state index contributed by atoms with van der Waals surface area (Å²) in [5.41, 5.74) is 2.62. The number of para-hydroxylation sites is 3. The summed E-state index contributed by atoms with van der Waals surface area (Å²) in [7, 11) is 2.64. The minimum Gasteiger partial charge on any atom is -0.465 e. The van der Waals surface area contributed by atoms with Gasteiger partial charge in [-0.15, -0.1) is 0 Å². The van der Waals surface area contributed by atoms with Crippen LogP contribution in [-0.2, 0) is 25.6 Å². The fourth-order valence-electron chi connectivity index (χ4n) is 5.06. The van der Waals surface area contributed by atoms with E-state index in [1.54, 1.807) is 0 Å². The van der Waals surface area contributed by atoms with Crippen molar-refractivity contribution in [1.82, 2.24) is 0 Å². The van der Waals surface area contributed by atoms with Gasteiger partial charge < -0.3 is 19.3 Å². The summed E-state index contributed by atoms with van der Waals surface area (Å²) in [4.78, 5) is 36.2. The first-order chi connectivity index (χ1) is 18.1. The first kappa shape index (κ1) is 24.6. The molecule has 0 N–H and O–H groups in total. The van der Waals surface area contributed by atoms with Gasteiger partial charge in [0.25, 0.3) is 0 Å². The molecule has 2 aliphatic rings. The van der Waals surface area contributed by atoms with Crippen molar-refractivity contribution in [3.05, 3.63) is 101 Å². The number of likely N-dealkylation sites (N-methyl/N-ethyl adjacent to an activating group) is 1. The molecule has 37 heavy (non-hydrogen) atoms. The molecule has 0 saturated carbocycles. The molecule has 1 atom stereocenters. The van der Waals surface area contributed by atoms with E-state index in [1.807, 2.05) is 91.9 Å². The van der Waals surface area contributed by atoms with Crippen LogP contribution in [-0.4, -0.2) is 43.4 Å². The number of aliphatic imine (C=N–C) groups is 1. The van der Waals surface area contributed by atoms with Gasteiger partial charge in [0.05, 0.1) is 31.3 Å². The average molecular weight is 514 g/mol. The number of rotatable bonds is 6. The lowest BCUT2D eigenvalue weighted by Gasteiger charge is -2.43. The number of carbonyl (C=O) groups excluding carboxylic acids is 2. The van der Waals surface area contributed by atoms with E-state index in [4.69, 9.17) is 14.5 Å². The Morgan fingerprint density at radius 2 is 1.38 bits per heavy atom. The van der Waals surface area contributed by atoms with Crippen LogP contribution < -0.4 is 9.80 Å². The van der Waals surface area contributed by atoms with Crippen molar-refractivity contribution in [3.8, 4) is 0 Å². The predicted octanol–water partition coefficient (Wildman–Crippen LogP) is 5.31. The molecule has 3 aromatic carbocycles. The van der Waals surface area contributed by atoms with Crippen molar-refractivity contribution in [2.45, 2.75) is 19.1 Å². The van der Waals surface area contributed by atoms with Crippen molar-refractivity contribution in [2.75, 3.05) is 30.6 Å². The van der Waals surface area contributed by atoms with Crippen LogP contribution in [0.2, 0.25) is 0 Å². The van der Waals surface area contributed by atoms with Crippen molar-refractivity contribution >= 4 is 45.8 Å². The first-order valence-electron chi connectivity index (χ1n) is 12.0. The standard InChI is InChI=1S/C29H27N3O4S/c1-4-31-22-17-11-12-18-23(22)32(19-20-13-7-5-8-14-20)29(31)24(26(33)35-2)25(27(34)36-3)37-28(29)30-21-15-9-6-10-16-21/h5-18H,4,19H2,1-3H3. The lowest BCUT2D eigenvalue weighted by molar-refractivity contribution is -0.139. The van der Waals surface area contributed by atoms with E-state index in [2.05, 4.69) is 9.80 Å². The van der Waals surface area contributed by atoms with E-state index in [0.717, 1.165) is 28.7 Å². The molecule has 5 rings (SSSR count). The topological polar surface area (TPSA) is 71.4 Å². The van der Waals surface area contributed by atoms with Crippen LogP contribution in [0.1, 0.15) is 12.5 Å². The Morgan fingerprint density at radius 1 is 0.811 bits per heavy atom. The van der Waals surface area contributed by atoms with Gasteiger partial charge in [0.2, 0.25) is 0 Å². The summed E-state index contributed by atoms with van der Waals surface area (Å²) >= 11 is 1.16. The van der Waals surface area contributed by atoms with Crippen LogP contribution in [0.5, 0.6) is 0 Å². The number of carbonyl (C=O) groups is 2. The Bertz CT molecular complexity index is 1390. The highest BCUT2D eigenvalue weighted by molar-refractivity contribution is 8.18. The lowest BCUT2D eigenvalue weighted by Crippen LogP contribution is -2.62. The second-order valence-electron chi connectivity index (χ2n) is 8.52. The van der Waals surface area contributed by atoms with Crippen molar-refractivity contribution < 1.29 is 19.1 Å². The lowest BCUT2D eigenvalue weighted by atomic mass is 9.95. The molecule has 2 aliphatic heterocycles. The van der Waals surface area contributed by atoms with Crippen molar-refractivity contribution in [1.29, 1.82) is 0 Å². The second-order valence-corrected chi connectivity index (χ2v) is 9.52. The number of hydrogen-bond acceptors (Lipinski definition) is 8. The van der Waals surface area contributed by atoms with Crippen LogP contribution in [0, 0.1) is 0 Å². The third-order valence-electron chi connectivity index (χ3n) is 6.56. The Kier molecular flexibility index (Phi) is 6.76. The van der Waals surface area contributed by atoms with E-state index in [0.29, 0.717) is 23.8 Å². The largest absolute Gasteiger partial charge is 0.465 e. The molecular weight excluding hydrogens is 486 g/mol. The van der Waals surface area contributed by atoms with E-state index in [1.165, 1.54) is 14.2 Å². The molecule has 3 aromatic rings. The fourth-order valence-corrected chi connectivity index (χ4v) is 6.36. The van der Waals surface area contributed by atoms with Crippen LogP contribution in [0.15, 0.2) is 100 Å². The van der Waals surface area contributed by atoms with Crippen LogP contribution >= 0.6 is 11.8 Å². The van der Waals surface area contributed by atoms with Gasteiger partial charge in [-0.25, -0.2) is 14.6 Å². The minimum atomic E-state index is -1.22. The summed E-state index contributed by atoms with van der Waals surface area (Å²) in [6.07, 6.45) is 0. The number of benzene rings is 3. The third-order valence-corrected chi connectivity index (χ3v) is 7.71. The predicted molar refractivity (Wildman–Crippen MR) is 147 cm³/mol. The highest BCUT2D eigenvalue weighted by Crippen LogP contribution is 2.57. The molecule has 188 valence electrons. The Balaban J connectivity index is 1.85. The molecule has 2 heterocycles. The number of methoxy groups -OCH3 is 2. The number of thioether (sulfide) groups is 1. The number of esters is 2. The molecule has 0 saturated heterocycles. The van der Waals surface area contributed by atoms with Crippen LogP contribution in [0.25, 0.3) is 0 Å². The zero-order chi connectivity index (χ0) is 26.0. The van der Waals surface area contributed by atoms with Crippen LogP contribution in [0.4, 0.5) is 17.1 Å². The van der Waals surface area contributed by atoms with Crippen LogP contribution in [0.3, 0.4) is 0 Å². The van der Waals surface area contributed by atoms with Gasteiger partial charge in [0, 0.05) is 13.1 Å². The molecular formula is C29H27N3O4S. The van der Waals surface area contributed by atoms with Crippen molar-refractivity contribution in [3.63, 3.8) is 0 Å². The first-order valence-corrected chi connectivity index (χ1v) is 12.8. The van der Waals surface area contributed by atoms with E-state index in [-0.39, 0.29) is 10.5 Å². The van der Waals surface area contributed by atoms with Gasteiger partial charge in [0.1, 0.15) is 15.5 Å². The smallest absolute Gasteiger partial charge is 0.345 e. The van der Waals surface area contributed by atoms with E-state index >= 15 is 0 Å². The molecule has 0 fully saturated rings. The molecule has 1 unspecified atom stereocenters. The summed E-state index contributed by atoms with van der Waals surface area (Å²) in [6, 6.07) is 27.6. The Hall–Kier alpha value is -4.04. The van der Waals surface area contributed by atoms with Crippen molar-refractivity contribution in [2.24, 2.45) is 4.99 Å². The van der Waals surface area contributed by atoms with Gasteiger partial charge in [-0.2, -0.15) is 0 Å². The molecule has 1 spiro atoms.